The zero-order valence-corrected chi connectivity index (χ0v) is 7.88. The van der Waals surface area contributed by atoms with E-state index in [4.69, 9.17) is 12.6 Å². The van der Waals surface area contributed by atoms with Crippen LogP contribution < -0.4 is 5.73 Å². The Balaban J connectivity index is 2.80. The summed E-state index contributed by atoms with van der Waals surface area (Å²) in [5, 5.41) is 0. The van der Waals surface area contributed by atoms with Crippen LogP contribution in [0.15, 0.2) is 35.3 Å². The van der Waals surface area contributed by atoms with E-state index >= 15 is 0 Å². The largest absolute Gasteiger partial charge is 0.399 e. The first-order chi connectivity index (χ1) is 8.34. The zero-order chi connectivity index (χ0) is 13.6. The minimum atomic E-state index is -0.415. The van der Waals surface area contributed by atoms with E-state index in [1.54, 1.807) is 0 Å². The van der Waals surface area contributed by atoms with Crippen LogP contribution in [-0.4, -0.2) is 14.5 Å². The van der Waals surface area contributed by atoms with E-state index in [-0.39, 0.29) is 40.7 Å². The fraction of sp³-hybridized carbons (Fsp3) is 0. The smallest absolute Gasteiger partial charge is 0.139 e. The highest BCUT2D eigenvalue weighted by molar-refractivity contribution is 9.10. The number of nitrogens with zero attached hydrogens (tertiary/aromatic N) is 3. The second kappa shape index (κ2) is 3.18. The summed E-state index contributed by atoms with van der Waals surface area (Å²) in [6, 6.07) is -0.649. The summed E-state index contributed by atoms with van der Waals surface area (Å²) in [5.41, 5.74) is 5.31. The minimum absolute atomic E-state index is 0.133. The molecule has 2 N–H and O–H groups in total. The summed E-state index contributed by atoms with van der Waals surface area (Å²) in [6.07, 6.45) is -0.885. The van der Waals surface area contributed by atoms with Crippen molar-refractivity contribution in [3.63, 3.8) is 0 Å². The summed E-state index contributed by atoms with van der Waals surface area (Å²) < 4.78 is 39.1. The molecule has 2 aromatic heterocycles. The quantitative estimate of drug-likeness (QED) is 0.829. The average Bonchev–Trinajstić information content (AvgIpc) is 2.56. The lowest BCUT2D eigenvalue weighted by molar-refractivity contribution is 0.994. The van der Waals surface area contributed by atoms with Gasteiger partial charge in [-0.1, -0.05) is 0 Å². The number of aromatic nitrogens is 3. The maximum atomic E-state index is 7.75. The van der Waals surface area contributed by atoms with Gasteiger partial charge in [-0.3, -0.25) is 4.57 Å². The van der Waals surface area contributed by atoms with Crippen LogP contribution in [-0.2, 0) is 0 Å². The van der Waals surface area contributed by atoms with Crippen molar-refractivity contribution in [3.8, 4) is 5.82 Å². The fourth-order valence-corrected chi connectivity index (χ4v) is 1.02. The molecule has 0 aliphatic carbocycles. The van der Waals surface area contributed by atoms with Crippen molar-refractivity contribution < 1.29 is 6.85 Å². The molecule has 2 aromatic rings. The molecule has 0 saturated carbocycles. The molecular formula is C8H7BrN4. The van der Waals surface area contributed by atoms with Crippen molar-refractivity contribution in [2.45, 2.75) is 0 Å². The first-order valence-electron chi connectivity index (χ1n) is 5.79. The van der Waals surface area contributed by atoms with E-state index < -0.39 is 6.17 Å². The second-order valence-corrected chi connectivity index (χ2v) is 2.91. The lowest BCUT2D eigenvalue weighted by Crippen LogP contribution is -1.95. The monoisotopic (exact) mass is 243 g/mol. The number of imidazole rings is 1. The third-order valence-corrected chi connectivity index (χ3v) is 1.62. The molecule has 0 spiro atoms. The molecule has 2 heterocycles. The number of hydrogen-bond donors (Lipinski definition) is 1. The van der Waals surface area contributed by atoms with E-state index in [9.17, 15) is 0 Å². The van der Waals surface area contributed by atoms with Crippen molar-refractivity contribution in [3.05, 3.63) is 35.3 Å². The fourth-order valence-electron chi connectivity index (χ4n) is 0.763. The maximum Gasteiger partial charge on any atom is 0.139 e. The molecule has 0 unspecified atom stereocenters. The number of pyridine rings is 1. The normalized spacial score (nSPS) is 15.6. The standard InChI is InChI=1S/C8H7BrN4/c9-7-4-13(5-12-7)8-3-6(10)1-2-11-8/h1-5H,(H2,10,11)/i1D,2D,3D,4D,5D. The molecule has 0 saturated heterocycles. The number of nitrogens with two attached hydrogens (primary N) is 1. The number of nitrogen functional groups attached to an aromatic ring is 1. The first kappa shape index (κ1) is 4.23. The van der Waals surface area contributed by atoms with E-state index in [0.29, 0.717) is 0 Å². The Morgan fingerprint density at radius 3 is 3.08 bits per heavy atom. The molecule has 0 fully saturated rings. The van der Waals surface area contributed by atoms with Gasteiger partial charge in [0, 0.05) is 24.1 Å². The topological polar surface area (TPSA) is 56.7 Å². The molecular weight excluding hydrogens is 232 g/mol. The highest BCUT2D eigenvalue weighted by atomic mass is 79.9. The molecule has 0 radical (unpaired) electrons. The van der Waals surface area contributed by atoms with Crippen LogP contribution in [0.2, 0.25) is 0 Å². The predicted octanol–water partition coefficient (Wildman–Crippen LogP) is 1.61. The first-order valence-corrected chi connectivity index (χ1v) is 4.09. The van der Waals surface area contributed by atoms with Gasteiger partial charge in [0.25, 0.3) is 0 Å². The number of anilines is 1. The molecule has 4 nitrogen and oxygen atoms in total. The van der Waals surface area contributed by atoms with Gasteiger partial charge in [0.1, 0.15) is 18.1 Å². The van der Waals surface area contributed by atoms with Crippen molar-refractivity contribution in [1.29, 1.82) is 0 Å². The van der Waals surface area contributed by atoms with Gasteiger partial charge >= 0.3 is 0 Å². The predicted molar refractivity (Wildman–Crippen MR) is 53.5 cm³/mol. The van der Waals surface area contributed by atoms with Gasteiger partial charge in [0.2, 0.25) is 0 Å². The van der Waals surface area contributed by atoms with Crippen LogP contribution in [0.25, 0.3) is 5.82 Å². The lowest BCUT2D eigenvalue weighted by Gasteiger charge is -2.00. The third kappa shape index (κ3) is 1.70. The molecule has 66 valence electrons. The van der Waals surface area contributed by atoms with E-state index in [0.717, 1.165) is 4.57 Å². The van der Waals surface area contributed by atoms with Crippen LogP contribution in [0.5, 0.6) is 0 Å². The van der Waals surface area contributed by atoms with Gasteiger partial charge in [-0.05, 0) is 22.0 Å². The van der Waals surface area contributed by atoms with E-state index in [2.05, 4.69) is 25.9 Å². The molecule has 5 heteroatoms. The Morgan fingerprint density at radius 2 is 2.38 bits per heavy atom. The molecule has 0 bridgehead atoms. The van der Waals surface area contributed by atoms with E-state index in [1.165, 1.54) is 0 Å². The summed E-state index contributed by atoms with van der Waals surface area (Å²) in [6.45, 7) is 0. The number of hydrogen-bond acceptors (Lipinski definition) is 3. The summed E-state index contributed by atoms with van der Waals surface area (Å²) in [5.74, 6) is -0.151. The minimum Gasteiger partial charge on any atom is -0.399 e. The van der Waals surface area contributed by atoms with Gasteiger partial charge < -0.3 is 5.73 Å². The van der Waals surface area contributed by atoms with Gasteiger partial charge in [0.05, 0.1) is 5.48 Å². The lowest BCUT2D eigenvalue weighted by atomic mass is 10.4. The summed E-state index contributed by atoms with van der Waals surface area (Å²) in [4.78, 5) is 7.41. The van der Waals surface area contributed by atoms with Gasteiger partial charge in [0.15, 0.2) is 0 Å². The Morgan fingerprint density at radius 1 is 1.54 bits per heavy atom. The molecule has 0 aliphatic heterocycles. The molecule has 0 aliphatic rings. The molecule has 0 amide bonds. The SMILES string of the molecule is [2H]c1nc(-n2c([2H])nc(Br)c2[2H])c([2H])c(N)c1[2H]. The van der Waals surface area contributed by atoms with Crippen molar-refractivity contribution in [2.24, 2.45) is 0 Å². The molecule has 0 atom stereocenters. The summed E-state index contributed by atoms with van der Waals surface area (Å²) in [7, 11) is 0. The molecule has 0 aromatic carbocycles. The highest BCUT2D eigenvalue weighted by Crippen LogP contribution is 2.11. The number of halogens is 1. The Bertz CT molecular complexity index is 641. The van der Waals surface area contributed by atoms with Crippen LogP contribution in [0.3, 0.4) is 0 Å². The van der Waals surface area contributed by atoms with Gasteiger partial charge in [-0.2, -0.15) is 0 Å². The Kier molecular flexibility index (Phi) is 1.04. The van der Waals surface area contributed by atoms with Crippen LogP contribution in [0, 0.1) is 0 Å². The molecule has 2 rings (SSSR count). The van der Waals surface area contributed by atoms with Crippen molar-refractivity contribution >= 4 is 21.6 Å². The average molecular weight is 244 g/mol. The van der Waals surface area contributed by atoms with Gasteiger partial charge in [-0.15, -0.1) is 0 Å². The third-order valence-electron chi connectivity index (χ3n) is 1.26. The second-order valence-electron chi connectivity index (χ2n) is 2.16. The Hall–Kier alpha value is -1.36. The summed E-state index contributed by atoms with van der Waals surface area (Å²) >= 11 is 3.00. The van der Waals surface area contributed by atoms with Gasteiger partial charge in [-0.25, -0.2) is 9.97 Å². The zero-order valence-electron chi connectivity index (χ0n) is 11.3. The maximum absolute atomic E-state index is 7.75. The van der Waals surface area contributed by atoms with Crippen LogP contribution in [0.4, 0.5) is 5.69 Å². The number of rotatable bonds is 1. The van der Waals surface area contributed by atoms with Crippen LogP contribution >= 0.6 is 15.9 Å². The van der Waals surface area contributed by atoms with Crippen molar-refractivity contribution in [1.82, 2.24) is 14.5 Å². The Labute approximate surface area is 90.6 Å². The highest BCUT2D eigenvalue weighted by Gasteiger charge is 1.98. The molecule has 13 heavy (non-hydrogen) atoms. The van der Waals surface area contributed by atoms with Crippen molar-refractivity contribution in [2.75, 3.05) is 5.73 Å². The van der Waals surface area contributed by atoms with Crippen LogP contribution in [0.1, 0.15) is 6.85 Å². The van der Waals surface area contributed by atoms with E-state index in [1.807, 2.05) is 0 Å².